The van der Waals surface area contributed by atoms with Gasteiger partial charge in [-0.25, -0.2) is 0 Å². The van der Waals surface area contributed by atoms with Crippen molar-refractivity contribution < 1.29 is 19.5 Å². The van der Waals surface area contributed by atoms with Gasteiger partial charge in [-0.05, 0) is 47.6 Å². The van der Waals surface area contributed by atoms with E-state index in [4.69, 9.17) is 5.11 Å². The Balaban J connectivity index is 4.82. The molecule has 0 heterocycles. The second-order valence-electron chi connectivity index (χ2n) is 5.58. The summed E-state index contributed by atoms with van der Waals surface area (Å²) in [4.78, 5) is 34.3. The molecule has 0 aromatic rings. The van der Waals surface area contributed by atoms with Crippen LogP contribution >= 0.6 is 0 Å². The first kappa shape index (κ1) is 18.7. The molecule has 2 atom stereocenters. The molecule has 116 valence electrons. The van der Waals surface area contributed by atoms with E-state index in [1.54, 1.807) is 27.8 Å². The molecule has 0 radical (unpaired) electrons. The van der Waals surface area contributed by atoms with Crippen molar-refractivity contribution in [1.29, 1.82) is 0 Å². The fourth-order valence-electron chi connectivity index (χ4n) is 1.73. The Morgan fingerprint density at radius 2 is 1.80 bits per heavy atom. The molecule has 6 heteroatoms. The minimum Gasteiger partial charge on any atom is -0.481 e. The van der Waals surface area contributed by atoms with Gasteiger partial charge in [0.1, 0.15) is 5.78 Å². The topological polar surface area (TPSA) is 95.5 Å². The maximum atomic E-state index is 12.4. The first-order valence-corrected chi connectivity index (χ1v) is 6.83. The minimum atomic E-state index is -0.885. The van der Waals surface area contributed by atoms with Crippen LogP contribution in [0.25, 0.3) is 0 Å². The van der Waals surface area contributed by atoms with Gasteiger partial charge >= 0.3 is 5.97 Å². The number of likely N-dealkylation sites (N-methyl/N-ethyl adjacent to an activating group) is 1. The molecule has 6 nitrogen and oxygen atoms in total. The number of carbonyl (C=O) groups is 3. The molecule has 0 spiro atoms. The summed E-state index contributed by atoms with van der Waals surface area (Å²) in [5.41, 5.74) is -0.725. The van der Waals surface area contributed by atoms with Gasteiger partial charge < -0.3 is 10.4 Å². The van der Waals surface area contributed by atoms with E-state index < -0.39 is 23.6 Å². The van der Waals surface area contributed by atoms with Gasteiger partial charge in [0.25, 0.3) is 0 Å². The molecule has 0 aromatic heterocycles. The van der Waals surface area contributed by atoms with Crippen molar-refractivity contribution in [1.82, 2.24) is 10.6 Å². The third-order valence-corrected chi connectivity index (χ3v) is 3.50. The van der Waals surface area contributed by atoms with E-state index in [1.165, 1.54) is 6.92 Å². The highest BCUT2D eigenvalue weighted by Gasteiger charge is 2.33. The first-order chi connectivity index (χ1) is 9.11. The van der Waals surface area contributed by atoms with E-state index in [1.807, 2.05) is 0 Å². The quantitative estimate of drug-likeness (QED) is 0.548. The molecule has 0 aliphatic rings. The van der Waals surface area contributed by atoms with Crippen LogP contribution in [0.15, 0.2) is 0 Å². The molecule has 3 N–H and O–H groups in total. The molecule has 0 fully saturated rings. The summed E-state index contributed by atoms with van der Waals surface area (Å²) < 4.78 is 0. The third-order valence-electron chi connectivity index (χ3n) is 3.50. The molecular weight excluding hydrogens is 260 g/mol. The Morgan fingerprint density at radius 1 is 1.25 bits per heavy atom. The van der Waals surface area contributed by atoms with Crippen LogP contribution in [0, 0.1) is 0 Å². The molecule has 0 saturated carbocycles. The third kappa shape index (κ3) is 6.25. The SMILES string of the molecule is CNC(C)(C)C(=O)C(CCCC(=O)O)NC(C)C(C)=O. The normalized spacial score (nSPS) is 14.7. The summed E-state index contributed by atoms with van der Waals surface area (Å²) in [7, 11) is 1.70. The van der Waals surface area contributed by atoms with Gasteiger partial charge in [-0.15, -0.1) is 0 Å². The van der Waals surface area contributed by atoms with Crippen molar-refractivity contribution in [2.75, 3.05) is 7.05 Å². The highest BCUT2D eigenvalue weighted by atomic mass is 16.4. The van der Waals surface area contributed by atoms with E-state index in [0.29, 0.717) is 12.8 Å². The summed E-state index contributed by atoms with van der Waals surface area (Å²) in [6, 6.07) is -0.961. The van der Waals surface area contributed by atoms with Gasteiger partial charge in [0.15, 0.2) is 5.78 Å². The fourth-order valence-corrected chi connectivity index (χ4v) is 1.73. The minimum absolute atomic E-state index is 0.0138. The number of ketones is 2. The zero-order valence-electron chi connectivity index (χ0n) is 12.9. The largest absolute Gasteiger partial charge is 0.481 e. The smallest absolute Gasteiger partial charge is 0.303 e. The van der Waals surface area contributed by atoms with Crippen LogP contribution < -0.4 is 10.6 Å². The number of carboxylic acid groups (broad SMARTS) is 1. The van der Waals surface area contributed by atoms with E-state index >= 15 is 0 Å². The Morgan fingerprint density at radius 3 is 2.20 bits per heavy atom. The van der Waals surface area contributed by atoms with Gasteiger partial charge in [-0.3, -0.25) is 19.7 Å². The van der Waals surface area contributed by atoms with Crippen LogP contribution in [0.5, 0.6) is 0 Å². The highest BCUT2D eigenvalue weighted by molar-refractivity contribution is 5.93. The molecule has 2 unspecified atom stereocenters. The zero-order valence-corrected chi connectivity index (χ0v) is 12.9. The molecule has 0 amide bonds. The number of carbonyl (C=O) groups excluding carboxylic acids is 2. The van der Waals surface area contributed by atoms with Crippen LogP contribution in [-0.4, -0.2) is 47.3 Å². The lowest BCUT2D eigenvalue weighted by Gasteiger charge is -2.30. The number of Topliss-reactive ketones (excluding diaryl/α,β-unsaturated/α-hetero) is 2. The summed E-state index contributed by atoms with van der Waals surface area (Å²) >= 11 is 0. The highest BCUT2D eigenvalue weighted by Crippen LogP contribution is 2.12. The average Bonchev–Trinajstić information content (AvgIpc) is 2.35. The standard InChI is InChI=1S/C14H26N2O4/c1-9(10(2)17)16-11(7-6-8-12(18)19)13(20)14(3,4)15-5/h9,11,15-16H,6-8H2,1-5H3,(H,18,19). The van der Waals surface area contributed by atoms with Gasteiger partial charge in [0.2, 0.25) is 0 Å². The Bertz CT molecular complexity index is 366. The maximum Gasteiger partial charge on any atom is 0.303 e. The molecule has 20 heavy (non-hydrogen) atoms. The van der Waals surface area contributed by atoms with Crippen molar-refractivity contribution >= 4 is 17.5 Å². The van der Waals surface area contributed by atoms with Crippen LogP contribution in [0.3, 0.4) is 0 Å². The molecule has 0 bridgehead atoms. The fraction of sp³-hybridized carbons (Fsp3) is 0.786. The number of carboxylic acids is 1. The molecule has 0 aliphatic heterocycles. The van der Waals surface area contributed by atoms with Crippen molar-refractivity contribution in [3.63, 3.8) is 0 Å². The lowest BCUT2D eigenvalue weighted by Crippen LogP contribution is -2.56. The predicted octanol–water partition coefficient (Wildman–Crippen LogP) is 0.744. The molecule has 0 aromatic carbocycles. The van der Waals surface area contributed by atoms with E-state index in [2.05, 4.69) is 10.6 Å². The lowest BCUT2D eigenvalue weighted by molar-refractivity contribution is -0.137. The van der Waals surface area contributed by atoms with E-state index in [0.717, 1.165) is 0 Å². The lowest BCUT2D eigenvalue weighted by atomic mass is 9.90. The molecule has 0 aliphatic carbocycles. The van der Waals surface area contributed by atoms with Crippen molar-refractivity contribution in [2.24, 2.45) is 0 Å². The van der Waals surface area contributed by atoms with Crippen LogP contribution in [0.4, 0.5) is 0 Å². The number of rotatable bonds is 10. The van der Waals surface area contributed by atoms with Gasteiger partial charge in [0.05, 0.1) is 17.6 Å². The van der Waals surface area contributed by atoms with Gasteiger partial charge in [0, 0.05) is 6.42 Å². The molecule has 0 saturated heterocycles. The maximum absolute atomic E-state index is 12.4. The number of aliphatic carboxylic acids is 1. The van der Waals surface area contributed by atoms with E-state index in [-0.39, 0.29) is 18.0 Å². The number of hydrogen-bond donors (Lipinski definition) is 3. The first-order valence-electron chi connectivity index (χ1n) is 6.83. The van der Waals surface area contributed by atoms with Gasteiger partial charge in [-0.2, -0.15) is 0 Å². The Hall–Kier alpha value is -1.27. The number of hydrogen-bond acceptors (Lipinski definition) is 5. The second kappa shape index (κ2) is 8.11. The number of nitrogens with one attached hydrogen (secondary N) is 2. The predicted molar refractivity (Wildman–Crippen MR) is 76.7 cm³/mol. The molecule has 0 rings (SSSR count). The van der Waals surface area contributed by atoms with Crippen molar-refractivity contribution in [3.8, 4) is 0 Å². The summed E-state index contributed by atoms with van der Waals surface area (Å²) in [6.45, 7) is 6.69. The second-order valence-corrected chi connectivity index (χ2v) is 5.58. The monoisotopic (exact) mass is 286 g/mol. The summed E-state index contributed by atoms with van der Waals surface area (Å²) in [5.74, 6) is -1.01. The van der Waals surface area contributed by atoms with Crippen LogP contribution in [-0.2, 0) is 14.4 Å². The zero-order chi connectivity index (χ0) is 15.9. The van der Waals surface area contributed by atoms with Gasteiger partial charge in [-0.1, -0.05) is 0 Å². The van der Waals surface area contributed by atoms with Crippen LogP contribution in [0.1, 0.15) is 47.0 Å². The van der Waals surface area contributed by atoms with Crippen molar-refractivity contribution in [2.45, 2.75) is 64.6 Å². The Labute approximate surface area is 120 Å². The average molecular weight is 286 g/mol. The Kier molecular flexibility index (Phi) is 7.60. The summed E-state index contributed by atoms with van der Waals surface area (Å²) in [6.07, 6.45) is 0.802. The van der Waals surface area contributed by atoms with Crippen molar-refractivity contribution in [3.05, 3.63) is 0 Å². The summed E-state index contributed by atoms with van der Waals surface area (Å²) in [5, 5.41) is 14.6. The molecular formula is C14H26N2O4. The van der Waals surface area contributed by atoms with Crippen LogP contribution in [0.2, 0.25) is 0 Å². The van der Waals surface area contributed by atoms with E-state index in [9.17, 15) is 14.4 Å².